The van der Waals surface area contributed by atoms with Crippen LogP contribution in [0.4, 0.5) is 0 Å². The van der Waals surface area contributed by atoms with Gasteiger partial charge in [-0.25, -0.2) is 8.42 Å². The highest BCUT2D eigenvalue weighted by atomic mass is 32.2. The number of aliphatic imine (C=N–C) groups is 1. The lowest BCUT2D eigenvalue weighted by molar-refractivity contribution is 0.153. The minimum atomic E-state index is -2.95. The maximum Gasteiger partial charge on any atom is 0.191 e. The van der Waals surface area contributed by atoms with Crippen LogP contribution in [0.5, 0.6) is 0 Å². The Kier molecular flexibility index (Phi) is 9.54. The minimum absolute atomic E-state index is 0.0465. The molecule has 0 aliphatic rings. The van der Waals surface area contributed by atoms with Gasteiger partial charge in [0.15, 0.2) is 5.96 Å². The zero-order valence-electron chi connectivity index (χ0n) is 12.1. The third-order valence-corrected chi connectivity index (χ3v) is 3.07. The monoisotopic (exact) mass is 295 g/mol. The lowest BCUT2D eigenvalue weighted by Gasteiger charge is -2.17. The maximum absolute atomic E-state index is 10.9. The molecular weight excluding hydrogens is 270 g/mol. The van der Waals surface area contributed by atoms with Crippen LogP contribution in [0, 0.1) is 0 Å². The molecule has 0 aromatic carbocycles. The second-order valence-electron chi connectivity index (χ2n) is 4.24. The predicted molar refractivity (Wildman–Crippen MR) is 76.4 cm³/mol. The molecule has 0 spiro atoms. The van der Waals surface area contributed by atoms with E-state index in [0.29, 0.717) is 25.7 Å². The van der Waals surface area contributed by atoms with Gasteiger partial charge in [0.25, 0.3) is 0 Å². The molecule has 8 heteroatoms. The van der Waals surface area contributed by atoms with Crippen molar-refractivity contribution in [3.63, 3.8) is 0 Å². The van der Waals surface area contributed by atoms with Crippen LogP contribution in [0.3, 0.4) is 0 Å². The Labute approximate surface area is 115 Å². The summed E-state index contributed by atoms with van der Waals surface area (Å²) in [5.41, 5.74) is 0. The molecule has 0 radical (unpaired) electrons. The van der Waals surface area contributed by atoms with E-state index in [2.05, 4.69) is 15.6 Å². The van der Waals surface area contributed by atoms with E-state index < -0.39 is 9.84 Å². The Hall–Kier alpha value is -0.860. The number of nitrogens with one attached hydrogen (secondary N) is 2. The second kappa shape index (κ2) is 9.99. The minimum Gasteiger partial charge on any atom is -0.383 e. The number of guanidine groups is 1. The quantitative estimate of drug-likeness (QED) is 0.330. The number of nitrogens with zero attached hydrogens (tertiary/aromatic N) is 1. The van der Waals surface area contributed by atoms with Crippen LogP contribution in [0.2, 0.25) is 0 Å². The third-order valence-electron chi connectivity index (χ3n) is 2.16. The zero-order valence-corrected chi connectivity index (χ0v) is 12.9. The fourth-order valence-electron chi connectivity index (χ4n) is 1.27. The smallest absolute Gasteiger partial charge is 0.191 e. The van der Waals surface area contributed by atoms with Crippen LogP contribution in [0.25, 0.3) is 0 Å². The summed E-state index contributed by atoms with van der Waals surface area (Å²) < 4.78 is 31.9. The summed E-state index contributed by atoms with van der Waals surface area (Å²) in [6.07, 6.45) is 1.19. The number of sulfone groups is 1. The Morgan fingerprint density at radius 3 is 2.58 bits per heavy atom. The summed E-state index contributed by atoms with van der Waals surface area (Å²) in [6.45, 7) is 3.77. The van der Waals surface area contributed by atoms with Crippen molar-refractivity contribution in [2.24, 2.45) is 4.99 Å². The lowest BCUT2D eigenvalue weighted by atomic mass is 10.4. The molecule has 1 atom stereocenters. The third kappa shape index (κ3) is 11.9. The molecular formula is C11H25N3O4S. The summed E-state index contributed by atoms with van der Waals surface area (Å²) in [6, 6.07) is 0.155. The van der Waals surface area contributed by atoms with Crippen molar-refractivity contribution in [3.05, 3.63) is 0 Å². The van der Waals surface area contributed by atoms with E-state index in [9.17, 15) is 8.42 Å². The van der Waals surface area contributed by atoms with Crippen LogP contribution < -0.4 is 10.6 Å². The largest absolute Gasteiger partial charge is 0.383 e. The molecule has 0 amide bonds. The van der Waals surface area contributed by atoms with Gasteiger partial charge in [-0.2, -0.15) is 0 Å². The SMILES string of the molecule is CN=C(NCCOCCS(C)(=O)=O)NC(C)COC. The molecule has 0 saturated heterocycles. The van der Waals surface area contributed by atoms with Gasteiger partial charge in [-0.15, -0.1) is 0 Å². The Morgan fingerprint density at radius 2 is 2.05 bits per heavy atom. The van der Waals surface area contributed by atoms with E-state index in [-0.39, 0.29) is 18.4 Å². The summed E-state index contributed by atoms with van der Waals surface area (Å²) in [4.78, 5) is 4.05. The van der Waals surface area contributed by atoms with E-state index in [1.807, 2.05) is 6.92 Å². The van der Waals surface area contributed by atoms with Gasteiger partial charge in [0.05, 0.1) is 25.6 Å². The molecule has 0 bridgehead atoms. The normalized spacial score (nSPS) is 14.2. The van der Waals surface area contributed by atoms with E-state index in [1.54, 1.807) is 14.2 Å². The Balaban J connectivity index is 3.68. The highest BCUT2D eigenvalue weighted by Crippen LogP contribution is 1.85. The van der Waals surface area contributed by atoms with Crippen molar-refractivity contribution >= 4 is 15.8 Å². The van der Waals surface area contributed by atoms with Gasteiger partial charge in [0.1, 0.15) is 9.84 Å². The molecule has 2 N–H and O–H groups in total. The first-order valence-electron chi connectivity index (χ1n) is 6.10. The molecule has 19 heavy (non-hydrogen) atoms. The number of methoxy groups -OCH3 is 1. The molecule has 7 nitrogen and oxygen atoms in total. The fraction of sp³-hybridized carbons (Fsp3) is 0.909. The van der Waals surface area contributed by atoms with E-state index >= 15 is 0 Å². The van der Waals surface area contributed by atoms with Crippen molar-refractivity contribution in [2.45, 2.75) is 13.0 Å². The fourth-order valence-corrected chi connectivity index (χ4v) is 1.69. The van der Waals surface area contributed by atoms with Gasteiger partial charge in [-0.1, -0.05) is 0 Å². The predicted octanol–water partition coefficient (Wildman–Crippen LogP) is -0.752. The first-order valence-corrected chi connectivity index (χ1v) is 8.16. The molecule has 0 fully saturated rings. The van der Waals surface area contributed by atoms with E-state index in [0.717, 1.165) is 0 Å². The van der Waals surface area contributed by atoms with E-state index in [1.165, 1.54) is 6.26 Å². The van der Waals surface area contributed by atoms with Gasteiger partial charge in [0, 0.05) is 33.0 Å². The number of rotatable bonds is 9. The summed E-state index contributed by atoms with van der Waals surface area (Å²) >= 11 is 0. The standard InChI is InChI=1S/C11H25N3O4S/c1-10(9-17-3)14-11(12-2)13-5-6-18-7-8-19(4,15)16/h10H,5-9H2,1-4H3,(H2,12,13,14). The van der Waals surface area contributed by atoms with Crippen LogP contribution in [0.1, 0.15) is 6.92 Å². The number of hydrogen-bond donors (Lipinski definition) is 2. The summed E-state index contributed by atoms with van der Waals surface area (Å²) in [5, 5.41) is 6.21. The van der Waals surface area contributed by atoms with Crippen LogP contribution >= 0.6 is 0 Å². The topological polar surface area (TPSA) is 89.0 Å². The van der Waals surface area contributed by atoms with Crippen LogP contribution in [-0.4, -0.2) is 73.0 Å². The highest BCUT2D eigenvalue weighted by molar-refractivity contribution is 7.90. The molecule has 0 aliphatic heterocycles. The van der Waals surface area contributed by atoms with Crippen molar-refractivity contribution in [1.29, 1.82) is 0 Å². The molecule has 0 saturated carbocycles. The van der Waals surface area contributed by atoms with Crippen LogP contribution in [0.15, 0.2) is 4.99 Å². The van der Waals surface area contributed by atoms with Gasteiger partial charge in [-0.3, -0.25) is 4.99 Å². The summed E-state index contributed by atoms with van der Waals surface area (Å²) in [7, 11) is 0.373. The molecule has 0 rings (SSSR count). The Bertz CT molecular complexity index is 357. The summed E-state index contributed by atoms with van der Waals surface area (Å²) in [5.74, 6) is 0.710. The van der Waals surface area contributed by atoms with Gasteiger partial charge in [-0.05, 0) is 6.92 Å². The molecule has 0 aromatic rings. The molecule has 0 aliphatic carbocycles. The van der Waals surface area contributed by atoms with Crippen molar-refractivity contribution in [3.8, 4) is 0 Å². The molecule has 0 heterocycles. The second-order valence-corrected chi connectivity index (χ2v) is 6.50. The molecule has 0 aromatic heterocycles. The zero-order chi connectivity index (χ0) is 14.7. The molecule has 114 valence electrons. The van der Waals surface area contributed by atoms with Crippen molar-refractivity contribution in [2.75, 3.05) is 52.5 Å². The van der Waals surface area contributed by atoms with Crippen LogP contribution in [-0.2, 0) is 19.3 Å². The maximum atomic E-state index is 10.9. The number of ether oxygens (including phenoxy) is 2. The highest BCUT2D eigenvalue weighted by Gasteiger charge is 2.04. The van der Waals surface area contributed by atoms with Gasteiger partial charge < -0.3 is 20.1 Å². The average molecular weight is 295 g/mol. The van der Waals surface area contributed by atoms with E-state index in [4.69, 9.17) is 9.47 Å². The first-order chi connectivity index (χ1) is 8.89. The lowest BCUT2D eigenvalue weighted by Crippen LogP contribution is -2.44. The number of hydrogen-bond acceptors (Lipinski definition) is 5. The molecule has 1 unspecified atom stereocenters. The van der Waals surface area contributed by atoms with Gasteiger partial charge >= 0.3 is 0 Å². The van der Waals surface area contributed by atoms with Crippen molar-refractivity contribution in [1.82, 2.24) is 10.6 Å². The Morgan fingerprint density at radius 1 is 1.37 bits per heavy atom. The van der Waals surface area contributed by atoms with Crippen molar-refractivity contribution < 1.29 is 17.9 Å². The van der Waals surface area contributed by atoms with Gasteiger partial charge in [0.2, 0.25) is 0 Å². The first kappa shape index (κ1) is 18.1. The average Bonchev–Trinajstić information content (AvgIpc) is 2.31.